The molecule has 5 nitrogen and oxygen atoms in total. The number of hydrogen-bond acceptors (Lipinski definition) is 2. The van der Waals surface area contributed by atoms with Gasteiger partial charge in [0.05, 0.1) is 0 Å². The molecule has 3 amide bonds. The van der Waals surface area contributed by atoms with Crippen molar-refractivity contribution in [1.82, 2.24) is 15.5 Å². The molecule has 0 radical (unpaired) electrons. The van der Waals surface area contributed by atoms with Gasteiger partial charge in [0.25, 0.3) is 0 Å². The van der Waals surface area contributed by atoms with Gasteiger partial charge < -0.3 is 15.5 Å². The van der Waals surface area contributed by atoms with Gasteiger partial charge in [0, 0.05) is 31.1 Å². The molecule has 0 bridgehead atoms. The molecule has 136 valence electrons. The molecule has 1 heterocycles. The van der Waals surface area contributed by atoms with Gasteiger partial charge in [-0.3, -0.25) is 4.79 Å². The Morgan fingerprint density at radius 2 is 1.80 bits per heavy atom. The first kappa shape index (κ1) is 17.8. The topological polar surface area (TPSA) is 61.4 Å². The lowest BCUT2D eigenvalue weighted by Crippen LogP contribution is -2.50. The molecule has 1 aliphatic heterocycles. The summed E-state index contributed by atoms with van der Waals surface area (Å²) in [5, 5.41) is 6.09. The van der Waals surface area contributed by atoms with Gasteiger partial charge >= 0.3 is 6.03 Å². The van der Waals surface area contributed by atoms with Gasteiger partial charge in [-0.05, 0) is 51.0 Å². The fraction of sp³-hybridized carbons (Fsp3) is 0.600. The molecule has 25 heavy (non-hydrogen) atoms. The van der Waals surface area contributed by atoms with Crippen LogP contribution in [0.15, 0.2) is 30.3 Å². The van der Waals surface area contributed by atoms with E-state index in [-0.39, 0.29) is 18.1 Å². The second kappa shape index (κ2) is 8.37. The van der Waals surface area contributed by atoms with Crippen molar-refractivity contribution >= 4 is 11.9 Å². The van der Waals surface area contributed by atoms with Crippen molar-refractivity contribution in [3.05, 3.63) is 35.9 Å². The van der Waals surface area contributed by atoms with Crippen molar-refractivity contribution in [3.8, 4) is 0 Å². The lowest BCUT2D eigenvalue weighted by atomic mass is 10.0. The summed E-state index contributed by atoms with van der Waals surface area (Å²) in [5.41, 5.74) is 1.30. The third-order valence-corrected chi connectivity index (χ3v) is 5.15. The van der Waals surface area contributed by atoms with Gasteiger partial charge in [0.1, 0.15) is 0 Å². The number of nitrogens with zero attached hydrogens (tertiary/aromatic N) is 1. The molecule has 3 rings (SSSR count). The minimum Gasteiger partial charge on any atom is -0.342 e. The second-order valence-corrected chi connectivity index (χ2v) is 7.42. The van der Waals surface area contributed by atoms with E-state index in [1.54, 1.807) is 0 Å². The number of carbonyl (C=O) groups excluding carboxylic acids is 2. The molecular weight excluding hydrogens is 314 g/mol. The smallest absolute Gasteiger partial charge is 0.315 e. The number of hydrogen-bond donors (Lipinski definition) is 2. The highest BCUT2D eigenvalue weighted by molar-refractivity contribution is 5.81. The lowest BCUT2D eigenvalue weighted by Gasteiger charge is -2.32. The zero-order chi connectivity index (χ0) is 17.6. The summed E-state index contributed by atoms with van der Waals surface area (Å²) >= 11 is 0. The van der Waals surface area contributed by atoms with E-state index in [9.17, 15) is 9.59 Å². The van der Waals surface area contributed by atoms with Crippen molar-refractivity contribution < 1.29 is 9.59 Å². The third-order valence-electron chi connectivity index (χ3n) is 5.15. The van der Waals surface area contributed by atoms with E-state index in [0.717, 1.165) is 51.6 Å². The Morgan fingerprint density at radius 1 is 1.12 bits per heavy atom. The number of urea groups is 1. The quantitative estimate of drug-likeness (QED) is 0.834. The zero-order valence-corrected chi connectivity index (χ0v) is 15.0. The van der Waals surface area contributed by atoms with Gasteiger partial charge in [-0.15, -0.1) is 0 Å². The van der Waals surface area contributed by atoms with E-state index < -0.39 is 0 Å². The Hall–Kier alpha value is -2.04. The number of benzene rings is 1. The highest BCUT2D eigenvalue weighted by Gasteiger charge is 2.35. The molecule has 0 spiro atoms. The van der Waals surface area contributed by atoms with Crippen LogP contribution in [0.2, 0.25) is 0 Å². The van der Waals surface area contributed by atoms with Crippen LogP contribution in [0.4, 0.5) is 4.79 Å². The first-order chi connectivity index (χ1) is 12.1. The number of likely N-dealkylation sites (tertiary alicyclic amines) is 1. The average Bonchev–Trinajstić information content (AvgIpc) is 3.46. The SMILES string of the molecule is C[C@@H](CCc1ccccc1)NC(=O)NC1CCN(C(=O)C2CC2)CC1. The average molecular weight is 343 g/mol. The van der Waals surface area contributed by atoms with Gasteiger partial charge in [-0.1, -0.05) is 30.3 Å². The number of aryl methyl sites for hydroxylation is 1. The molecule has 1 saturated heterocycles. The summed E-state index contributed by atoms with van der Waals surface area (Å²) in [5.74, 6) is 0.607. The molecule has 1 saturated carbocycles. The zero-order valence-electron chi connectivity index (χ0n) is 15.0. The summed E-state index contributed by atoms with van der Waals surface area (Å²) < 4.78 is 0. The van der Waals surface area contributed by atoms with E-state index in [0.29, 0.717) is 11.8 Å². The van der Waals surface area contributed by atoms with Crippen molar-refractivity contribution in [2.45, 2.75) is 57.5 Å². The summed E-state index contributed by atoms with van der Waals surface area (Å²) in [6, 6.07) is 10.5. The monoisotopic (exact) mass is 343 g/mol. The Labute approximate surface area is 150 Å². The van der Waals surface area contributed by atoms with E-state index in [4.69, 9.17) is 0 Å². The van der Waals surface area contributed by atoms with Gasteiger partial charge in [-0.25, -0.2) is 4.79 Å². The Kier molecular flexibility index (Phi) is 5.95. The van der Waals surface area contributed by atoms with Crippen molar-refractivity contribution in [1.29, 1.82) is 0 Å². The molecule has 0 aromatic heterocycles. The molecule has 2 N–H and O–H groups in total. The van der Waals surface area contributed by atoms with Crippen LogP contribution in [0.1, 0.15) is 44.6 Å². The standard InChI is InChI=1S/C20H29N3O2/c1-15(7-8-16-5-3-2-4-6-16)21-20(25)22-18-11-13-23(14-12-18)19(24)17-9-10-17/h2-6,15,17-18H,7-14H2,1H3,(H2,21,22,25)/t15-/m0/s1. The maximum absolute atomic E-state index is 12.2. The van der Waals surface area contributed by atoms with Gasteiger partial charge in [-0.2, -0.15) is 0 Å². The normalized spacial score (nSPS) is 19.3. The fourth-order valence-electron chi connectivity index (χ4n) is 3.38. The molecule has 5 heteroatoms. The van der Waals surface area contributed by atoms with Crippen LogP contribution in [0.3, 0.4) is 0 Å². The molecule has 1 atom stereocenters. The minimum atomic E-state index is -0.0902. The maximum Gasteiger partial charge on any atom is 0.315 e. The summed E-state index contributed by atoms with van der Waals surface area (Å²) in [7, 11) is 0. The highest BCUT2D eigenvalue weighted by atomic mass is 16.2. The highest BCUT2D eigenvalue weighted by Crippen LogP contribution is 2.31. The fourth-order valence-corrected chi connectivity index (χ4v) is 3.38. The van der Waals surface area contributed by atoms with E-state index in [1.807, 2.05) is 30.0 Å². The molecule has 1 aromatic rings. The molecular formula is C20H29N3O2. The summed E-state index contributed by atoms with van der Waals surface area (Å²) in [6.07, 6.45) is 5.70. The van der Waals surface area contributed by atoms with Crippen LogP contribution in [-0.2, 0) is 11.2 Å². The maximum atomic E-state index is 12.2. The Bertz CT molecular complexity index is 578. The van der Waals surface area contributed by atoms with E-state index in [2.05, 4.69) is 22.8 Å². The number of rotatable bonds is 6. The van der Waals surface area contributed by atoms with Crippen LogP contribution >= 0.6 is 0 Å². The van der Waals surface area contributed by atoms with Crippen molar-refractivity contribution in [2.75, 3.05) is 13.1 Å². The van der Waals surface area contributed by atoms with Crippen LogP contribution in [-0.4, -0.2) is 42.0 Å². The minimum absolute atomic E-state index is 0.0902. The van der Waals surface area contributed by atoms with Crippen molar-refractivity contribution in [3.63, 3.8) is 0 Å². The predicted molar refractivity (Wildman–Crippen MR) is 98.2 cm³/mol. The predicted octanol–water partition coefficient (Wildman–Crippen LogP) is 2.71. The molecule has 2 fully saturated rings. The van der Waals surface area contributed by atoms with Gasteiger partial charge in [0.2, 0.25) is 5.91 Å². The number of amides is 3. The number of nitrogens with one attached hydrogen (secondary N) is 2. The first-order valence-electron chi connectivity index (χ1n) is 9.51. The Morgan fingerprint density at radius 3 is 2.44 bits per heavy atom. The summed E-state index contributed by atoms with van der Waals surface area (Å²) in [4.78, 5) is 26.2. The molecule has 1 aliphatic carbocycles. The molecule has 1 aromatic carbocycles. The van der Waals surface area contributed by atoms with Crippen LogP contribution in [0.5, 0.6) is 0 Å². The number of carbonyl (C=O) groups is 2. The first-order valence-corrected chi connectivity index (χ1v) is 9.51. The lowest BCUT2D eigenvalue weighted by molar-refractivity contribution is -0.133. The van der Waals surface area contributed by atoms with Crippen LogP contribution < -0.4 is 10.6 Å². The Balaban J connectivity index is 1.33. The molecule has 2 aliphatic rings. The molecule has 0 unspecified atom stereocenters. The van der Waals surface area contributed by atoms with Crippen LogP contribution in [0, 0.1) is 5.92 Å². The van der Waals surface area contributed by atoms with E-state index >= 15 is 0 Å². The summed E-state index contributed by atoms with van der Waals surface area (Å²) in [6.45, 7) is 3.58. The van der Waals surface area contributed by atoms with Gasteiger partial charge in [0.15, 0.2) is 0 Å². The van der Waals surface area contributed by atoms with E-state index in [1.165, 1.54) is 5.56 Å². The largest absolute Gasteiger partial charge is 0.342 e. The second-order valence-electron chi connectivity index (χ2n) is 7.42. The third kappa shape index (κ3) is 5.48. The number of piperidine rings is 1. The van der Waals surface area contributed by atoms with Crippen molar-refractivity contribution in [2.24, 2.45) is 5.92 Å². The van der Waals surface area contributed by atoms with Crippen LogP contribution in [0.25, 0.3) is 0 Å².